The number of aryl methyl sites for hydroxylation is 3. The molecule has 2 heterocycles. The number of rotatable bonds is 5. The van der Waals surface area contributed by atoms with Gasteiger partial charge in [0.05, 0.1) is 17.6 Å². The van der Waals surface area contributed by atoms with Crippen LogP contribution in [0.3, 0.4) is 0 Å². The van der Waals surface area contributed by atoms with Crippen LogP contribution < -0.4 is 5.32 Å². The van der Waals surface area contributed by atoms with Gasteiger partial charge in [-0.25, -0.2) is 9.97 Å². The van der Waals surface area contributed by atoms with Crippen LogP contribution in [0.25, 0.3) is 0 Å². The minimum Gasteiger partial charge on any atom is -0.367 e. The lowest BCUT2D eigenvalue weighted by Gasteiger charge is -2.09. The summed E-state index contributed by atoms with van der Waals surface area (Å²) < 4.78 is 1.79. The predicted molar refractivity (Wildman–Crippen MR) is 69.6 cm³/mol. The molecule has 0 spiro atoms. The smallest absolute Gasteiger partial charge is 0.171 e. The highest BCUT2D eigenvalue weighted by Gasteiger charge is 2.06. The van der Waals surface area contributed by atoms with Gasteiger partial charge in [0.25, 0.3) is 0 Å². The lowest BCUT2D eigenvalue weighted by molar-refractivity contribution is 0.569. The summed E-state index contributed by atoms with van der Waals surface area (Å²) in [6.45, 7) is 5.38. The summed E-state index contributed by atoms with van der Waals surface area (Å²) >= 11 is 6.02. The lowest BCUT2D eigenvalue weighted by Crippen LogP contribution is -2.10. The molecule has 0 atom stereocenters. The highest BCUT2D eigenvalue weighted by atomic mass is 35.5. The largest absolute Gasteiger partial charge is 0.367 e. The molecule has 6 nitrogen and oxygen atoms in total. The van der Waals surface area contributed by atoms with Crippen LogP contribution in [0.2, 0.25) is 5.15 Å². The van der Waals surface area contributed by atoms with Gasteiger partial charge in [0.2, 0.25) is 0 Å². The van der Waals surface area contributed by atoms with Crippen molar-refractivity contribution in [2.24, 2.45) is 0 Å². The first kappa shape index (κ1) is 12.8. The third-order valence-electron chi connectivity index (χ3n) is 2.59. The van der Waals surface area contributed by atoms with E-state index in [0.29, 0.717) is 11.0 Å². The van der Waals surface area contributed by atoms with E-state index in [1.807, 2.05) is 20.0 Å². The number of aromatic nitrogens is 5. The topological polar surface area (TPSA) is 68.5 Å². The molecule has 7 heteroatoms. The monoisotopic (exact) mass is 266 g/mol. The fourth-order valence-electron chi connectivity index (χ4n) is 1.49. The van der Waals surface area contributed by atoms with Gasteiger partial charge >= 0.3 is 0 Å². The summed E-state index contributed by atoms with van der Waals surface area (Å²) in [5, 5.41) is 11.2. The zero-order valence-electron chi connectivity index (χ0n) is 10.4. The quantitative estimate of drug-likeness (QED) is 0.837. The number of nitrogens with one attached hydrogen (secondary N) is 1. The van der Waals surface area contributed by atoms with E-state index < -0.39 is 0 Å². The van der Waals surface area contributed by atoms with Crippen LogP contribution in [-0.4, -0.2) is 31.5 Å². The maximum absolute atomic E-state index is 6.02. The van der Waals surface area contributed by atoms with Crippen molar-refractivity contribution < 1.29 is 0 Å². The first-order chi connectivity index (χ1) is 8.66. The summed E-state index contributed by atoms with van der Waals surface area (Å²) in [5.41, 5.74) is 1.74. The Labute approximate surface area is 110 Å². The molecule has 96 valence electrons. The number of halogens is 1. The van der Waals surface area contributed by atoms with Crippen molar-refractivity contribution in [1.82, 2.24) is 25.0 Å². The molecule has 0 aromatic carbocycles. The number of hydrogen-bond donors (Lipinski definition) is 1. The summed E-state index contributed by atoms with van der Waals surface area (Å²) in [6.07, 6.45) is 4.41. The van der Waals surface area contributed by atoms with Gasteiger partial charge in [-0.1, -0.05) is 16.8 Å². The van der Waals surface area contributed by atoms with Crippen molar-refractivity contribution in [3.05, 3.63) is 28.9 Å². The molecule has 2 aromatic heterocycles. The molecule has 0 fully saturated rings. The van der Waals surface area contributed by atoms with E-state index in [9.17, 15) is 0 Å². The second-order valence-corrected chi connectivity index (χ2v) is 4.34. The van der Waals surface area contributed by atoms with E-state index in [4.69, 9.17) is 11.6 Å². The Morgan fingerprint density at radius 3 is 2.78 bits per heavy atom. The minimum absolute atomic E-state index is 0.416. The van der Waals surface area contributed by atoms with E-state index in [-0.39, 0.29) is 0 Å². The fraction of sp³-hybridized carbons (Fsp3) is 0.455. The van der Waals surface area contributed by atoms with Crippen molar-refractivity contribution in [2.45, 2.75) is 26.8 Å². The van der Waals surface area contributed by atoms with Crippen molar-refractivity contribution in [2.75, 3.05) is 11.9 Å². The predicted octanol–water partition coefficient (Wildman–Crippen LogP) is 1.84. The van der Waals surface area contributed by atoms with Crippen LogP contribution in [0.4, 0.5) is 5.82 Å². The van der Waals surface area contributed by atoms with E-state index in [0.717, 1.165) is 30.9 Å². The molecular weight excluding hydrogens is 252 g/mol. The molecule has 1 N–H and O–H groups in total. The Bertz CT molecular complexity index is 511. The third kappa shape index (κ3) is 3.16. The summed E-state index contributed by atoms with van der Waals surface area (Å²) in [5.74, 6) is 0.637. The van der Waals surface area contributed by atoms with Crippen LogP contribution in [0, 0.1) is 13.8 Å². The van der Waals surface area contributed by atoms with E-state index in [1.54, 1.807) is 10.9 Å². The Morgan fingerprint density at radius 2 is 2.06 bits per heavy atom. The maximum atomic E-state index is 6.02. The van der Waals surface area contributed by atoms with Gasteiger partial charge in [-0.15, -0.1) is 5.10 Å². The SMILES string of the molecule is Cc1nc(Cl)c(NCCCn2ccnn2)nc1C. The Hall–Kier alpha value is -1.69. The van der Waals surface area contributed by atoms with Gasteiger partial charge in [-0.2, -0.15) is 0 Å². The molecule has 0 bridgehead atoms. The standard InChI is InChI=1S/C11H15ClN6/c1-8-9(2)16-11(10(12)15-8)13-4-3-6-18-7-5-14-17-18/h5,7H,3-4,6H2,1-2H3,(H,13,16). The van der Waals surface area contributed by atoms with Gasteiger partial charge in [0.1, 0.15) is 0 Å². The van der Waals surface area contributed by atoms with Crippen molar-refractivity contribution in [1.29, 1.82) is 0 Å². The van der Waals surface area contributed by atoms with Crippen LogP contribution in [0.15, 0.2) is 12.4 Å². The highest BCUT2D eigenvalue weighted by Crippen LogP contribution is 2.18. The molecule has 0 aliphatic rings. The fourth-order valence-corrected chi connectivity index (χ4v) is 1.72. The molecule has 0 aliphatic carbocycles. The Balaban J connectivity index is 1.85. The Morgan fingerprint density at radius 1 is 1.28 bits per heavy atom. The van der Waals surface area contributed by atoms with Crippen LogP contribution >= 0.6 is 11.6 Å². The summed E-state index contributed by atoms with van der Waals surface area (Å²) in [7, 11) is 0. The Kier molecular flexibility index (Phi) is 4.09. The van der Waals surface area contributed by atoms with E-state index in [1.165, 1.54) is 0 Å². The van der Waals surface area contributed by atoms with Crippen LogP contribution in [0.5, 0.6) is 0 Å². The molecule has 18 heavy (non-hydrogen) atoms. The second-order valence-electron chi connectivity index (χ2n) is 3.98. The third-order valence-corrected chi connectivity index (χ3v) is 2.86. The zero-order chi connectivity index (χ0) is 13.0. The van der Waals surface area contributed by atoms with Crippen molar-refractivity contribution >= 4 is 17.4 Å². The van der Waals surface area contributed by atoms with Gasteiger partial charge in [0.15, 0.2) is 11.0 Å². The van der Waals surface area contributed by atoms with Crippen LogP contribution in [-0.2, 0) is 6.54 Å². The second kappa shape index (κ2) is 5.77. The normalized spacial score (nSPS) is 10.6. The average molecular weight is 267 g/mol. The average Bonchev–Trinajstić information content (AvgIpc) is 2.84. The first-order valence-corrected chi connectivity index (χ1v) is 6.13. The molecule has 0 saturated heterocycles. The minimum atomic E-state index is 0.416. The highest BCUT2D eigenvalue weighted by molar-refractivity contribution is 6.31. The molecule has 0 unspecified atom stereocenters. The van der Waals surface area contributed by atoms with Gasteiger partial charge in [-0.05, 0) is 20.3 Å². The zero-order valence-corrected chi connectivity index (χ0v) is 11.1. The molecule has 0 amide bonds. The lowest BCUT2D eigenvalue weighted by atomic mass is 10.3. The molecular formula is C11H15ClN6. The molecule has 2 rings (SSSR count). The van der Waals surface area contributed by atoms with E-state index >= 15 is 0 Å². The molecule has 0 saturated carbocycles. The van der Waals surface area contributed by atoms with E-state index in [2.05, 4.69) is 25.6 Å². The van der Waals surface area contributed by atoms with Gasteiger partial charge in [-0.3, -0.25) is 4.68 Å². The molecule has 2 aromatic rings. The van der Waals surface area contributed by atoms with Gasteiger partial charge < -0.3 is 5.32 Å². The van der Waals surface area contributed by atoms with Crippen molar-refractivity contribution in [3.8, 4) is 0 Å². The number of nitrogens with zero attached hydrogens (tertiary/aromatic N) is 5. The first-order valence-electron chi connectivity index (χ1n) is 5.75. The maximum Gasteiger partial charge on any atom is 0.171 e. The summed E-state index contributed by atoms with van der Waals surface area (Å²) in [4.78, 5) is 8.58. The van der Waals surface area contributed by atoms with Crippen LogP contribution in [0.1, 0.15) is 17.8 Å². The van der Waals surface area contributed by atoms with Crippen molar-refractivity contribution in [3.63, 3.8) is 0 Å². The number of hydrogen-bond acceptors (Lipinski definition) is 5. The van der Waals surface area contributed by atoms with Gasteiger partial charge in [0, 0.05) is 19.3 Å². The molecule has 0 aliphatic heterocycles. The number of anilines is 1. The summed E-state index contributed by atoms with van der Waals surface area (Å²) in [6, 6.07) is 0. The molecule has 0 radical (unpaired) electrons.